The zero-order valence-corrected chi connectivity index (χ0v) is 32.9. The van der Waals surface area contributed by atoms with Gasteiger partial charge in [-0.05, 0) is 35.4 Å². The number of carbonyl (C=O) groups is 2. The van der Waals surface area contributed by atoms with Gasteiger partial charge in [-0.1, -0.05) is 0 Å². The van der Waals surface area contributed by atoms with Crippen molar-refractivity contribution in [3.63, 3.8) is 0 Å². The molecule has 4 fully saturated rings. The van der Waals surface area contributed by atoms with Gasteiger partial charge in [-0.3, -0.25) is 46.7 Å². The second-order valence-electron chi connectivity index (χ2n) is 13.4. The highest BCUT2D eigenvalue weighted by atomic mass is 31.2. The third kappa shape index (κ3) is 9.99. The summed E-state index contributed by atoms with van der Waals surface area (Å²) in [5.41, 5.74) is 11.8. The molecular weight excluding hydrogens is 842 g/mol. The molecule has 4 aliphatic heterocycles. The van der Waals surface area contributed by atoms with Crippen LogP contribution in [0.15, 0.2) is 61.7 Å². The standard InChI is InChI=1S/2C16H20N5O8P/c2*17-14(24)15-19-8-21(20-15)16-13(23)12(22)11(28-16)7-27-30(25)26-6-3-10(29-30)9-1-4-18-5-2-9/h2*1-2,4-5,8,10-13,16,22-23H,3,6-7H2,(H2,17,24)/t10-,11+,12+,13+,16+,30?;10-,11-,12-,13-,16-,30?/m01/s1. The number of aliphatic hydroxyl groups excluding tert-OH is 4. The molecule has 2 amide bonds. The van der Waals surface area contributed by atoms with Crippen LogP contribution in [-0.2, 0) is 45.7 Å². The Labute approximate surface area is 338 Å². The first-order valence-corrected chi connectivity index (χ1v) is 21.0. The number of rotatable bonds is 12. The Morgan fingerprint density at radius 1 is 0.667 bits per heavy atom. The summed E-state index contributed by atoms with van der Waals surface area (Å²) in [5, 5.41) is 48.6. The van der Waals surface area contributed by atoms with Crippen molar-refractivity contribution in [2.45, 2.75) is 74.1 Å². The quantitative estimate of drug-likeness (QED) is 0.0966. The maximum Gasteiger partial charge on any atom is 0.475 e. The van der Waals surface area contributed by atoms with Gasteiger partial charge in [0.1, 0.15) is 49.3 Å². The second kappa shape index (κ2) is 18.6. The topological polar surface area (TPSA) is 362 Å². The maximum atomic E-state index is 12.8. The first kappa shape index (κ1) is 43.6. The number of nitrogens with zero attached hydrogens (tertiary/aromatic N) is 8. The number of hydrogen-bond acceptors (Lipinski definition) is 22. The van der Waals surface area contributed by atoms with E-state index in [9.17, 15) is 39.1 Å². The summed E-state index contributed by atoms with van der Waals surface area (Å²) in [6, 6.07) is 6.96. The molecule has 0 spiro atoms. The van der Waals surface area contributed by atoms with Gasteiger partial charge in [0, 0.05) is 37.6 Å². The number of phosphoric ester groups is 2. The molecule has 0 radical (unpaired) electrons. The first-order chi connectivity index (χ1) is 28.7. The molecule has 26 nitrogen and oxygen atoms in total. The molecule has 0 aliphatic carbocycles. The molecule has 60 heavy (non-hydrogen) atoms. The van der Waals surface area contributed by atoms with Crippen molar-refractivity contribution in [3.8, 4) is 0 Å². The molecule has 4 aromatic rings. The van der Waals surface area contributed by atoms with E-state index in [1.807, 2.05) is 0 Å². The number of phosphoric acid groups is 2. The number of primary amides is 2. The van der Waals surface area contributed by atoms with Crippen LogP contribution < -0.4 is 11.5 Å². The molecule has 324 valence electrons. The molecule has 2 unspecified atom stereocenters. The molecule has 4 saturated heterocycles. The van der Waals surface area contributed by atoms with Gasteiger partial charge in [0.05, 0.1) is 38.6 Å². The molecule has 0 bridgehead atoms. The predicted molar refractivity (Wildman–Crippen MR) is 193 cm³/mol. The van der Waals surface area contributed by atoms with Crippen molar-refractivity contribution >= 4 is 27.5 Å². The summed E-state index contributed by atoms with van der Waals surface area (Å²) in [7, 11) is -7.85. The van der Waals surface area contributed by atoms with E-state index in [0.717, 1.165) is 33.1 Å². The highest BCUT2D eigenvalue weighted by Crippen LogP contribution is 2.58. The highest BCUT2D eigenvalue weighted by molar-refractivity contribution is 7.48. The normalized spacial score (nSPS) is 34.1. The third-order valence-electron chi connectivity index (χ3n) is 9.37. The molecule has 12 atom stereocenters. The first-order valence-electron chi connectivity index (χ1n) is 18.1. The largest absolute Gasteiger partial charge is 0.475 e. The zero-order chi connectivity index (χ0) is 42.6. The molecule has 4 aliphatic rings. The van der Waals surface area contributed by atoms with E-state index in [4.69, 9.17) is 48.1 Å². The van der Waals surface area contributed by atoms with E-state index in [0.29, 0.717) is 12.8 Å². The van der Waals surface area contributed by atoms with E-state index in [1.54, 1.807) is 49.1 Å². The van der Waals surface area contributed by atoms with E-state index < -0.39 is 88.7 Å². The third-order valence-corrected chi connectivity index (χ3v) is 12.3. The molecule has 28 heteroatoms. The molecular formula is C32H40N10O16P2. The van der Waals surface area contributed by atoms with Crippen LogP contribution in [0.3, 0.4) is 0 Å². The van der Waals surface area contributed by atoms with Gasteiger partial charge in [-0.15, -0.1) is 10.2 Å². The minimum atomic E-state index is -3.92. The van der Waals surface area contributed by atoms with E-state index in [1.165, 1.54) is 0 Å². The number of aliphatic hydroxyl groups is 4. The second-order valence-corrected chi connectivity index (χ2v) is 16.6. The number of aromatic nitrogens is 8. The highest BCUT2D eigenvalue weighted by Gasteiger charge is 2.48. The van der Waals surface area contributed by atoms with Gasteiger partial charge in [0.15, 0.2) is 12.5 Å². The number of hydrogen-bond donors (Lipinski definition) is 6. The smallest absolute Gasteiger partial charge is 0.387 e. The lowest BCUT2D eigenvalue weighted by Gasteiger charge is -2.29. The Bertz CT molecular complexity index is 2040. The van der Waals surface area contributed by atoms with Crippen LogP contribution in [-0.4, -0.2) is 135 Å². The Kier molecular flexibility index (Phi) is 13.5. The Morgan fingerprint density at radius 3 is 1.40 bits per heavy atom. The summed E-state index contributed by atoms with van der Waals surface area (Å²) in [5.74, 6) is -2.24. The van der Waals surface area contributed by atoms with Gasteiger partial charge in [0.25, 0.3) is 11.8 Å². The Hall–Kier alpha value is -4.50. The average molecular weight is 883 g/mol. The van der Waals surface area contributed by atoms with Crippen LogP contribution in [0.5, 0.6) is 0 Å². The van der Waals surface area contributed by atoms with Crippen molar-refractivity contribution in [2.24, 2.45) is 11.5 Å². The molecule has 8 rings (SSSR count). The van der Waals surface area contributed by atoms with Crippen LogP contribution in [0.1, 0.15) is 69.9 Å². The number of carbonyl (C=O) groups excluding carboxylic acids is 2. The SMILES string of the molecule is NC(=O)c1ncn([C@@H]2O[C@H](COP3(=O)OCC[C@@H](c4ccncc4)O3)[C@@H](O)[C@H]2O)n1.NC(=O)c1ncn([C@@H]2O[C@H](COP3(=O)OCC[C@H](c4ccncc4)O3)[C@@H](O)[C@H]2O)n1. The summed E-state index contributed by atoms with van der Waals surface area (Å²) < 4.78 is 71.0. The fourth-order valence-corrected chi connectivity index (χ4v) is 9.08. The lowest BCUT2D eigenvalue weighted by Crippen LogP contribution is -2.34. The number of amides is 2. The Balaban J connectivity index is 0.000000181. The van der Waals surface area contributed by atoms with Crippen LogP contribution in [0.25, 0.3) is 0 Å². The molecule has 4 aromatic heterocycles. The molecule has 8 N–H and O–H groups in total. The molecule has 0 saturated carbocycles. The van der Waals surface area contributed by atoms with Crippen LogP contribution in [0, 0.1) is 0 Å². The summed E-state index contributed by atoms with van der Waals surface area (Å²) >= 11 is 0. The van der Waals surface area contributed by atoms with E-state index >= 15 is 0 Å². The van der Waals surface area contributed by atoms with Crippen LogP contribution in [0.2, 0.25) is 0 Å². The minimum absolute atomic E-state index is 0.151. The summed E-state index contributed by atoms with van der Waals surface area (Å²) in [6.45, 7) is -0.463. The maximum absolute atomic E-state index is 12.8. The number of nitrogens with two attached hydrogens (primary N) is 2. The predicted octanol–water partition coefficient (Wildman–Crippen LogP) is -0.612. The van der Waals surface area contributed by atoms with Crippen molar-refractivity contribution < 1.29 is 75.8 Å². The summed E-state index contributed by atoms with van der Waals surface area (Å²) in [4.78, 5) is 37.5. The van der Waals surface area contributed by atoms with Crippen molar-refractivity contribution in [3.05, 3.63) is 84.5 Å². The van der Waals surface area contributed by atoms with Crippen molar-refractivity contribution in [2.75, 3.05) is 26.4 Å². The Morgan fingerprint density at radius 2 is 1.05 bits per heavy atom. The zero-order valence-electron chi connectivity index (χ0n) is 31.1. The lowest BCUT2D eigenvalue weighted by atomic mass is 10.1. The van der Waals surface area contributed by atoms with E-state index in [-0.39, 0.29) is 38.1 Å². The van der Waals surface area contributed by atoms with Gasteiger partial charge in [0.2, 0.25) is 11.6 Å². The van der Waals surface area contributed by atoms with Gasteiger partial charge in [-0.25, -0.2) is 28.5 Å². The van der Waals surface area contributed by atoms with Crippen molar-refractivity contribution in [1.82, 2.24) is 39.5 Å². The number of ether oxygens (including phenoxy) is 2. The van der Waals surface area contributed by atoms with Crippen LogP contribution >= 0.6 is 15.6 Å². The molecule has 8 heterocycles. The van der Waals surface area contributed by atoms with Gasteiger partial charge < -0.3 is 41.4 Å². The van der Waals surface area contributed by atoms with E-state index in [2.05, 4.69) is 30.1 Å². The van der Waals surface area contributed by atoms with Gasteiger partial charge >= 0.3 is 15.6 Å². The number of pyridine rings is 2. The molecule has 0 aromatic carbocycles. The van der Waals surface area contributed by atoms with Crippen molar-refractivity contribution in [1.29, 1.82) is 0 Å². The average Bonchev–Trinajstić information content (AvgIpc) is 4.05. The lowest BCUT2D eigenvalue weighted by molar-refractivity contribution is -0.0642. The minimum Gasteiger partial charge on any atom is -0.387 e. The van der Waals surface area contributed by atoms with Crippen LogP contribution in [0.4, 0.5) is 0 Å². The fourth-order valence-electron chi connectivity index (χ4n) is 6.29. The monoisotopic (exact) mass is 882 g/mol. The fraction of sp³-hybridized carbons (Fsp3) is 0.500. The van der Waals surface area contributed by atoms with Gasteiger partial charge in [-0.2, -0.15) is 0 Å². The summed E-state index contributed by atoms with van der Waals surface area (Å²) in [6.07, 6.45) is -1.37.